The van der Waals surface area contributed by atoms with E-state index in [9.17, 15) is 14.7 Å². The number of pyridine rings is 1. The van der Waals surface area contributed by atoms with Gasteiger partial charge in [-0.3, -0.25) is 14.9 Å². The Morgan fingerprint density at radius 2 is 2.00 bits per heavy atom. The van der Waals surface area contributed by atoms with E-state index in [-0.39, 0.29) is 22.1 Å². The molecule has 1 atom stereocenters. The summed E-state index contributed by atoms with van der Waals surface area (Å²) < 4.78 is 5.73. The molecule has 7 nitrogen and oxygen atoms in total. The minimum atomic E-state index is -0.360. The van der Waals surface area contributed by atoms with Crippen LogP contribution in [0.3, 0.4) is 0 Å². The Morgan fingerprint density at radius 3 is 2.62 bits per heavy atom. The van der Waals surface area contributed by atoms with Crippen LogP contribution in [0.15, 0.2) is 42.6 Å². The van der Waals surface area contributed by atoms with Crippen molar-refractivity contribution in [3.05, 3.63) is 48.2 Å². The smallest absolute Gasteiger partial charge is 0.286 e. The summed E-state index contributed by atoms with van der Waals surface area (Å²) >= 11 is 1.03. The van der Waals surface area contributed by atoms with E-state index in [4.69, 9.17) is 4.74 Å². The van der Waals surface area contributed by atoms with Crippen molar-refractivity contribution in [2.45, 2.75) is 11.7 Å². The Balaban J connectivity index is 1.46. The van der Waals surface area contributed by atoms with Crippen LogP contribution >= 0.6 is 11.8 Å². The number of nitrogens with zero attached hydrogens (tertiary/aromatic N) is 2. The van der Waals surface area contributed by atoms with E-state index in [1.807, 2.05) is 36.2 Å². The van der Waals surface area contributed by atoms with Gasteiger partial charge in [-0.25, -0.2) is 4.98 Å². The SMILES string of the molecule is CN(CCOc1ccc(CC2SC(=O)NC2=O)cc1)c1ccc(O)cn1. The van der Waals surface area contributed by atoms with Crippen LogP contribution in [0.2, 0.25) is 0 Å². The van der Waals surface area contributed by atoms with Gasteiger partial charge in [-0.15, -0.1) is 0 Å². The van der Waals surface area contributed by atoms with Gasteiger partial charge in [0.25, 0.3) is 5.24 Å². The average molecular weight is 373 g/mol. The van der Waals surface area contributed by atoms with Crippen LogP contribution in [0.25, 0.3) is 0 Å². The molecular weight excluding hydrogens is 354 g/mol. The van der Waals surface area contributed by atoms with Gasteiger partial charge in [0.1, 0.15) is 23.9 Å². The van der Waals surface area contributed by atoms with Crippen molar-refractivity contribution in [2.24, 2.45) is 0 Å². The summed E-state index contributed by atoms with van der Waals surface area (Å²) in [5.41, 5.74) is 0.977. The number of carbonyl (C=O) groups is 2. The van der Waals surface area contributed by atoms with E-state index in [0.29, 0.717) is 19.6 Å². The highest BCUT2D eigenvalue weighted by atomic mass is 32.2. The first-order valence-electron chi connectivity index (χ1n) is 8.10. The van der Waals surface area contributed by atoms with E-state index < -0.39 is 0 Å². The molecule has 1 aromatic carbocycles. The topological polar surface area (TPSA) is 91.8 Å². The predicted octanol–water partition coefficient (Wildman–Crippen LogP) is 2.20. The van der Waals surface area contributed by atoms with E-state index >= 15 is 0 Å². The molecule has 1 unspecified atom stereocenters. The highest BCUT2D eigenvalue weighted by molar-refractivity contribution is 8.15. The molecule has 26 heavy (non-hydrogen) atoms. The second kappa shape index (κ2) is 8.09. The maximum atomic E-state index is 11.6. The molecule has 2 amide bonds. The molecular formula is C18H19N3O4S. The molecule has 0 spiro atoms. The van der Waals surface area contributed by atoms with E-state index in [0.717, 1.165) is 28.9 Å². The van der Waals surface area contributed by atoms with Crippen molar-refractivity contribution in [2.75, 3.05) is 25.1 Å². The minimum absolute atomic E-state index is 0.136. The highest BCUT2D eigenvalue weighted by Crippen LogP contribution is 2.24. The lowest BCUT2D eigenvalue weighted by Gasteiger charge is -2.18. The molecule has 2 N–H and O–H groups in total. The van der Waals surface area contributed by atoms with Gasteiger partial charge in [-0.05, 0) is 36.2 Å². The lowest BCUT2D eigenvalue weighted by Crippen LogP contribution is -2.25. The number of anilines is 1. The summed E-state index contributed by atoms with van der Waals surface area (Å²) in [6.07, 6.45) is 1.92. The van der Waals surface area contributed by atoms with Crippen LogP contribution in [-0.2, 0) is 11.2 Å². The third-order valence-electron chi connectivity index (χ3n) is 3.93. The van der Waals surface area contributed by atoms with Crippen molar-refractivity contribution in [1.82, 2.24) is 10.3 Å². The monoisotopic (exact) mass is 373 g/mol. The van der Waals surface area contributed by atoms with Crippen molar-refractivity contribution in [3.63, 3.8) is 0 Å². The molecule has 2 aromatic rings. The summed E-state index contributed by atoms with van der Waals surface area (Å²) in [5.74, 6) is 1.39. The Hall–Kier alpha value is -2.74. The first-order chi connectivity index (χ1) is 12.5. The molecule has 0 aliphatic carbocycles. The number of carbonyl (C=O) groups excluding carboxylic acids is 2. The van der Waals surface area contributed by atoms with Crippen LogP contribution in [-0.4, -0.2) is 46.7 Å². The van der Waals surface area contributed by atoms with Crippen molar-refractivity contribution in [1.29, 1.82) is 0 Å². The number of imide groups is 1. The highest BCUT2D eigenvalue weighted by Gasteiger charge is 2.31. The van der Waals surface area contributed by atoms with Gasteiger partial charge in [-0.2, -0.15) is 0 Å². The third-order valence-corrected chi connectivity index (χ3v) is 4.91. The fraction of sp³-hybridized carbons (Fsp3) is 0.278. The fourth-order valence-corrected chi connectivity index (χ4v) is 3.34. The van der Waals surface area contributed by atoms with Gasteiger partial charge in [0.15, 0.2) is 0 Å². The van der Waals surface area contributed by atoms with Gasteiger partial charge in [0, 0.05) is 7.05 Å². The number of nitrogens with one attached hydrogen (secondary N) is 1. The molecule has 2 heterocycles. The summed E-state index contributed by atoms with van der Waals surface area (Å²) in [5, 5.41) is 10.9. The van der Waals surface area contributed by atoms with Crippen molar-refractivity contribution in [3.8, 4) is 11.5 Å². The van der Waals surface area contributed by atoms with Gasteiger partial charge in [0.05, 0.1) is 18.0 Å². The summed E-state index contributed by atoms with van der Waals surface area (Å²) in [7, 11) is 1.90. The maximum absolute atomic E-state index is 11.6. The average Bonchev–Trinajstić information content (AvgIpc) is 2.94. The third kappa shape index (κ3) is 4.66. The first kappa shape index (κ1) is 18.1. The number of rotatable bonds is 7. The molecule has 1 saturated heterocycles. The Morgan fingerprint density at radius 1 is 1.23 bits per heavy atom. The van der Waals surface area contributed by atoms with Crippen LogP contribution in [0.4, 0.5) is 10.6 Å². The predicted molar refractivity (Wildman–Crippen MR) is 99.7 cm³/mol. The van der Waals surface area contributed by atoms with Crippen molar-refractivity contribution >= 4 is 28.7 Å². The van der Waals surface area contributed by atoms with Crippen LogP contribution in [0.1, 0.15) is 5.56 Å². The van der Waals surface area contributed by atoms with E-state index in [2.05, 4.69) is 10.3 Å². The first-order valence-corrected chi connectivity index (χ1v) is 8.98. The Bertz CT molecular complexity index is 780. The van der Waals surface area contributed by atoms with Crippen LogP contribution < -0.4 is 15.0 Å². The molecule has 0 saturated carbocycles. The van der Waals surface area contributed by atoms with Gasteiger partial charge in [0.2, 0.25) is 5.91 Å². The van der Waals surface area contributed by atoms with E-state index in [1.165, 1.54) is 6.20 Å². The maximum Gasteiger partial charge on any atom is 0.286 e. The van der Waals surface area contributed by atoms with E-state index in [1.54, 1.807) is 12.1 Å². The molecule has 136 valence electrons. The zero-order chi connectivity index (χ0) is 18.5. The fourth-order valence-electron chi connectivity index (χ4n) is 2.48. The second-order valence-electron chi connectivity index (χ2n) is 5.88. The number of hydrogen-bond donors (Lipinski definition) is 2. The molecule has 8 heteroatoms. The van der Waals surface area contributed by atoms with Gasteiger partial charge >= 0.3 is 0 Å². The summed E-state index contributed by atoms with van der Waals surface area (Å²) in [4.78, 5) is 28.9. The largest absolute Gasteiger partial charge is 0.506 e. The Kier molecular flexibility index (Phi) is 5.62. The molecule has 1 aromatic heterocycles. The molecule has 1 fully saturated rings. The lowest BCUT2D eigenvalue weighted by molar-refractivity contribution is -0.118. The van der Waals surface area contributed by atoms with Crippen LogP contribution in [0, 0.1) is 0 Å². The number of benzene rings is 1. The zero-order valence-corrected chi connectivity index (χ0v) is 15.0. The number of aromatic nitrogens is 1. The van der Waals surface area contributed by atoms with Crippen LogP contribution in [0.5, 0.6) is 11.5 Å². The normalized spacial score (nSPS) is 16.4. The molecule has 3 rings (SSSR count). The number of aromatic hydroxyl groups is 1. The standard InChI is InChI=1S/C18H19N3O4S/c1-21(16-7-4-13(22)11-19-16)8-9-25-14-5-2-12(3-6-14)10-15-17(23)20-18(24)26-15/h2-7,11,15,22H,8-10H2,1H3,(H,20,23,24). The summed E-state index contributed by atoms with van der Waals surface area (Å²) in [6, 6.07) is 10.8. The quantitative estimate of drug-likeness (QED) is 0.769. The lowest BCUT2D eigenvalue weighted by atomic mass is 10.1. The number of amides is 2. The summed E-state index contributed by atoms with van der Waals surface area (Å²) in [6.45, 7) is 1.12. The molecule has 0 bridgehead atoms. The number of ether oxygens (including phenoxy) is 1. The number of hydrogen-bond acceptors (Lipinski definition) is 7. The zero-order valence-electron chi connectivity index (χ0n) is 14.2. The van der Waals surface area contributed by atoms with Gasteiger partial charge in [-0.1, -0.05) is 23.9 Å². The van der Waals surface area contributed by atoms with Crippen molar-refractivity contribution < 1.29 is 19.4 Å². The molecule has 0 radical (unpaired) electrons. The molecule has 1 aliphatic rings. The second-order valence-corrected chi connectivity index (χ2v) is 7.05. The minimum Gasteiger partial charge on any atom is -0.506 e. The van der Waals surface area contributed by atoms with Gasteiger partial charge < -0.3 is 14.7 Å². The Labute approximate surface area is 155 Å². The number of likely N-dealkylation sites (N-methyl/N-ethyl adjacent to an activating group) is 1. The molecule has 1 aliphatic heterocycles. The number of thioether (sulfide) groups is 1.